The lowest BCUT2D eigenvalue weighted by atomic mass is 10.1. The quantitative estimate of drug-likeness (QED) is 0.0856. The summed E-state index contributed by atoms with van der Waals surface area (Å²) in [4.78, 5) is 4.37. The largest absolute Gasteiger partial charge is 0.507 e. The summed E-state index contributed by atoms with van der Waals surface area (Å²) >= 11 is 0. The Labute approximate surface area is 256 Å². The van der Waals surface area contributed by atoms with E-state index in [4.69, 9.17) is 9.47 Å². The van der Waals surface area contributed by atoms with E-state index in [1.165, 1.54) is 116 Å². The molecule has 5 nitrogen and oxygen atoms in total. The standard InChI is InChI=1S/C37H59NO4/c1-3-5-7-9-11-13-15-17-19-21-27-41-33-24-23-32(36(39)29-33)31-38-35-26-25-34(30-37(35)40)42-28-22-20-18-16-14-12-10-8-6-4-2/h23-26,29-31,39-40H,3-22,27-28H2,1-2H3. The minimum absolute atomic E-state index is 0.0581. The number of phenolic OH excluding ortho intramolecular Hbond substituents is 2. The molecule has 0 aliphatic rings. The zero-order valence-electron chi connectivity index (χ0n) is 26.8. The average molecular weight is 582 g/mol. The maximum absolute atomic E-state index is 10.4. The fourth-order valence-corrected chi connectivity index (χ4v) is 5.12. The SMILES string of the molecule is CCCCCCCCCCCCOc1ccc(C=Nc2ccc(OCCCCCCCCCCCC)cc2O)c(O)c1. The van der Waals surface area contributed by atoms with Gasteiger partial charge in [-0.2, -0.15) is 0 Å². The lowest BCUT2D eigenvalue weighted by Gasteiger charge is -2.09. The third kappa shape index (κ3) is 16.7. The normalized spacial score (nSPS) is 11.4. The lowest BCUT2D eigenvalue weighted by molar-refractivity contribution is 0.302. The smallest absolute Gasteiger partial charge is 0.144 e. The zero-order valence-corrected chi connectivity index (χ0v) is 26.8. The van der Waals surface area contributed by atoms with Crippen molar-refractivity contribution in [1.82, 2.24) is 0 Å². The second-order valence-electron chi connectivity index (χ2n) is 11.7. The van der Waals surface area contributed by atoms with Gasteiger partial charge >= 0.3 is 0 Å². The molecule has 0 amide bonds. The molecular formula is C37H59NO4. The van der Waals surface area contributed by atoms with Crippen molar-refractivity contribution in [2.24, 2.45) is 4.99 Å². The predicted molar refractivity (Wildman–Crippen MR) is 178 cm³/mol. The minimum Gasteiger partial charge on any atom is -0.507 e. The van der Waals surface area contributed by atoms with E-state index in [0.29, 0.717) is 36.0 Å². The van der Waals surface area contributed by atoms with Gasteiger partial charge < -0.3 is 19.7 Å². The van der Waals surface area contributed by atoms with Crippen LogP contribution in [0.15, 0.2) is 41.4 Å². The van der Waals surface area contributed by atoms with Crippen LogP contribution >= 0.6 is 0 Å². The molecule has 236 valence electrons. The van der Waals surface area contributed by atoms with Crippen molar-refractivity contribution in [3.8, 4) is 23.0 Å². The fourth-order valence-electron chi connectivity index (χ4n) is 5.12. The first-order valence-corrected chi connectivity index (χ1v) is 17.1. The number of nitrogens with zero attached hydrogens (tertiary/aromatic N) is 1. The van der Waals surface area contributed by atoms with Crippen LogP contribution in [0.3, 0.4) is 0 Å². The molecule has 0 aliphatic heterocycles. The van der Waals surface area contributed by atoms with Gasteiger partial charge in [0.2, 0.25) is 0 Å². The Kier molecular flexibility index (Phi) is 20.1. The first-order chi connectivity index (χ1) is 20.6. The predicted octanol–water partition coefficient (Wildman–Crippen LogP) is 11.4. The summed E-state index contributed by atoms with van der Waals surface area (Å²) in [5.74, 6) is 1.47. The van der Waals surface area contributed by atoms with Crippen molar-refractivity contribution in [2.75, 3.05) is 13.2 Å². The summed E-state index contributed by atoms with van der Waals surface area (Å²) in [5, 5.41) is 20.9. The van der Waals surface area contributed by atoms with Crippen molar-refractivity contribution < 1.29 is 19.7 Å². The molecule has 2 aromatic rings. The first-order valence-electron chi connectivity index (χ1n) is 17.1. The second kappa shape index (κ2) is 23.8. The van der Waals surface area contributed by atoms with E-state index < -0.39 is 0 Å². The molecule has 0 saturated carbocycles. The molecule has 0 aromatic heterocycles. The van der Waals surface area contributed by atoms with Gasteiger partial charge in [0.25, 0.3) is 0 Å². The van der Waals surface area contributed by atoms with Crippen LogP contribution in [-0.2, 0) is 0 Å². The van der Waals surface area contributed by atoms with E-state index in [-0.39, 0.29) is 11.5 Å². The van der Waals surface area contributed by atoms with E-state index in [9.17, 15) is 10.2 Å². The van der Waals surface area contributed by atoms with Crippen LogP contribution in [0.2, 0.25) is 0 Å². The van der Waals surface area contributed by atoms with Gasteiger partial charge in [0.15, 0.2) is 0 Å². The number of benzene rings is 2. The maximum atomic E-state index is 10.4. The minimum atomic E-state index is 0.0581. The summed E-state index contributed by atoms with van der Waals surface area (Å²) in [6, 6.07) is 10.4. The number of unbranched alkanes of at least 4 members (excludes halogenated alkanes) is 18. The molecule has 2 aromatic carbocycles. The number of ether oxygens (including phenoxy) is 2. The van der Waals surface area contributed by atoms with Gasteiger partial charge in [0, 0.05) is 23.9 Å². The highest BCUT2D eigenvalue weighted by Gasteiger charge is 2.05. The molecular weight excluding hydrogens is 522 g/mol. The van der Waals surface area contributed by atoms with E-state index in [0.717, 1.165) is 12.8 Å². The highest BCUT2D eigenvalue weighted by atomic mass is 16.5. The Hall–Kier alpha value is -2.69. The number of aromatic hydroxyl groups is 2. The van der Waals surface area contributed by atoms with Gasteiger partial charge in [-0.25, -0.2) is 0 Å². The molecule has 0 bridgehead atoms. The van der Waals surface area contributed by atoms with E-state index in [1.54, 1.807) is 30.5 Å². The van der Waals surface area contributed by atoms with Crippen LogP contribution in [0.25, 0.3) is 0 Å². The second-order valence-corrected chi connectivity index (χ2v) is 11.7. The molecule has 0 aliphatic carbocycles. The van der Waals surface area contributed by atoms with Crippen molar-refractivity contribution in [3.63, 3.8) is 0 Å². The maximum Gasteiger partial charge on any atom is 0.144 e. The van der Waals surface area contributed by atoms with Gasteiger partial charge in [-0.3, -0.25) is 4.99 Å². The van der Waals surface area contributed by atoms with Crippen molar-refractivity contribution >= 4 is 11.9 Å². The van der Waals surface area contributed by atoms with Gasteiger partial charge in [-0.15, -0.1) is 0 Å². The topological polar surface area (TPSA) is 71.3 Å². The summed E-state index contributed by atoms with van der Waals surface area (Å²) in [6.45, 7) is 5.83. The van der Waals surface area contributed by atoms with E-state index in [1.807, 2.05) is 12.1 Å². The Morgan fingerprint density at radius 3 is 1.36 bits per heavy atom. The van der Waals surface area contributed by atoms with Crippen LogP contribution in [-0.4, -0.2) is 29.6 Å². The molecule has 2 rings (SSSR count). The summed E-state index contributed by atoms with van der Waals surface area (Å²) in [7, 11) is 0. The number of phenols is 2. The molecule has 5 heteroatoms. The monoisotopic (exact) mass is 581 g/mol. The van der Waals surface area contributed by atoms with Crippen LogP contribution in [0.1, 0.15) is 148 Å². The molecule has 0 unspecified atom stereocenters. The van der Waals surface area contributed by atoms with Crippen molar-refractivity contribution in [1.29, 1.82) is 0 Å². The molecule has 42 heavy (non-hydrogen) atoms. The Morgan fingerprint density at radius 1 is 0.524 bits per heavy atom. The average Bonchev–Trinajstić information content (AvgIpc) is 2.99. The third-order valence-corrected chi connectivity index (χ3v) is 7.82. The molecule has 0 spiro atoms. The van der Waals surface area contributed by atoms with Gasteiger partial charge in [-0.05, 0) is 37.1 Å². The van der Waals surface area contributed by atoms with Gasteiger partial charge in [0.1, 0.15) is 28.7 Å². The first kappa shape index (κ1) is 35.5. The van der Waals surface area contributed by atoms with Crippen LogP contribution in [0.4, 0.5) is 5.69 Å². The van der Waals surface area contributed by atoms with Crippen molar-refractivity contribution in [2.45, 2.75) is 142 Å². The third-order valence-electron chi connectivity index (χ3n) is 7.82. The summed E-state index contributed by atoms with van der Waals surface area (Å²) < 4.78 is 11.7. The number of aliphatic imine (C=N–C) groups is 1. The molecule has 0 saturated heterocycles. The number of rotatable bonds is 26. The molecule has 0 atom stereocenters. The molecule has 2 N–H and O–H groups in total. The summed E-state index contributed by atoms with van der Waals surface area (Å²) in [6.07, 6.45) is 27.4. The zero-order chi connectivity index (χ0) is 30.1. The van der Waals surface area contributed by atoms with Crippen molar-refractivity contribution in [3.05, 3.63) is 42.0 Å². The fraction of sp³-hybridized carbons (Fsp3) is 0.649. The Morgan fingerprint density at radius 2 is 0.929 bits per heavy atom. The van der Waals surface area contributed by atoms with Crippen LogP contribution < -0.4 is 9.47 Å². The molecule has 0 heterocycles. The summed E-state index contributed by atoms with van der Waals surface area (Å²) in [5.41, 5.74) is 1.00. The van der Waals surface area contributed by atoms with Gasteiger partial charge in [0.05, 0.1) is 13.2 Å². The Bertz CT molecular complexity index is 897. The number of hydrogen-bond acceptors (Lipinski definition) is 5. The van der Waals surface area contributed by atoms with E-state index in [2.05, 4.69) is 18.8 Å². The van der Waals surface area contributed by atoms with Crippen LogP contribution in [0.5, 0.6) is 23.0 Å². The number of hydrogen-bond donors (Lipinski definition) is 2. The highest BCUT2D eigenvalue weighted by Crippen LogP contribution is 2.31. The van der Waals surface area contributed by atoms with Gasteiger partial charge in [-0.1, -0.05) is 129 Å². The lowest BCUT2D eigenvalue weighted by Crippen LogP contribution is -1.97. The molecule has 0 radical (unpaired) electrons. The Balaban J connectivity index is 1.61. The van der Waals surface area contributed by atoms with Crippen LogP contribution in [0, 0.1) is 0 Å². The highest BCUT2D eigenvalue weighted by molar-refractivity contribution is 5.86. The molecule has 0 fully saturated rings. The van der Waals surface area contributed by atoms with E-state index >= 15 is 0 Å².